The number of benzene rings is 1. The SMILES string of the molecule is Cc1cc(C#N)cc(Oc2ccc(C#N)c(F)c2)n1. The van der Waals surface area contributed by atoms with Crippen molar-refractivity contribution >= 4 is 0 Å². The molecule has 1 heterocycles. The van der Waals surface area contributed by atoms with E-state index in [1.807, 2.05) is 6.07 Å². The van der Waals surface area contributed by atoms with Gasteiger partial charge in [-0.15, -0.1) is 0 Å². The van der Waals surface area contributed by atoms with Gasteiger partial charge in [-0.25, -0.2) is 9.37 Å². The fraction of sp³-hybridized carbons (Fsp3) is 0.0714. The lowest BCUT2D eigenvalue weighted by Gasteiger charge is -2.06. The summed E-state index contributed by atoms with van der Waals surface area (Å²) in [5.41, 5.74) is 0.988. The van der Waals surface area contributed by atoms with Gasteiger partial charge in [0.05, 0.1) is 17.2 Å². The molecule has 0 fully saturated rings. The first-order chi connectivity index (χ1) is 9.12. The first-order valence-corrected chi connectivity index (χ1v) is 5.38. The second-order valence-electron chi connectivity index (χ2n) is 3.80. The summed E-state index contributed by atoms with van der Waals surface area (Å²) in [7, 11) is 0. The lowest BCUT2D eigenvalue weighted by Crippen LogP contribution is -1.93. The Labute approximate surface area is 109 Å². The van der Waals surface area contributed by atoms with Crippen molar-refractivity contribution in [3.05, 3.63) is 53.0 Å². The summed E-state index contributed by atoms with van der Waals surface area (Å²) >= 11 is 0. The molecule has 0 amide bonds. The zero-order chi connectivity index (χ0) is 13.8. The highest BCUT2D eigenvalue weighted by Gasteiger charge is 2.06. The molecule has 0 unspecified atom stereocenters. The van der Waals surface area contributed by atoms with Crippen LogP contribution in [0, 0.1) is 35.4 Å². The van der Waals surface area contributed by atoms with E-state index in [2.05, 4.69) is 4.98 Å². The van der Waals surface area contributed by atoms with Crippen molar-refractivity contribution in [3.63, 3.8) is 0 Å². The van der Waals surface area contributed by atoms with E-state index in [-0.39, 0.29) is 17.2 Å². The van der Waals surface area contributed by atoms with Crippen molar-refractivity contribution in [3.8, 4) is 23.8 Å². The fourth-order valence-corrected chi connectivity index (χ4v) is 1.53. The fourth-order valence-electron chi connectivity index (χ4n) is 1.53. The molecule has 2 rings (SSSR count). The first-order valence-electron chi connectivity index (χ1n) is 5.38. The predicted molar refractivity (Wildman–Crippen MR) is 64.9 cm³/mol. The van der Waals surface area contributed by atoms with Crippen molar-refractivity contribution < 1.29 is 9.13 Å². The minimum atomic E-state index is -0.659. The van der Waals surface area contributed by atoms with E-state index in [0.717, 1.165) is 6.07 Å². The van der Waals surface area contributed by atoms with E-state index in [0.29, 0.717) is 11.3 Å². The van der Waals surface area contributed by atoms with Gasteiger partial charge in [0.15, 0.2) is 0 Å². The number of nitrogens with zero attached hydrogens (tertiary/aromatic N) is 3. The standard InChI is InChI=1S/C14H8FN3O/c1-9-4-10(7-16)5-14(18-9)19-12-3-2-11(8-17)13(15)6-12/h2-6H,1H3. The Morgan fingerprint density at radius 2 is 1.95 bits per heavy atom. The van der Waals surface area contributed by atoms with Crippen LogP contribution < -0.4 is 4.74 Å². The molecule has 0 atom stereocenters. The van der Waals surface area contributed by atoms with Gasteiger partial charge in [0.1, 0.15) is 17.6 Å². The molecule has 1 aromatic heterocycles. The molecule has 4 nitrogen and oxygen atoms in total. The second kappa shape index (κ2) is 5.16. The quantitative estimate of drug-likeness (QED) is 0.824. The Balaban J connectivity index is 2.32. The largest absolute Gasteiger partial charge is 0.439 e. The van der Waals surface area contributed by atoms with Crippen molar-refractivity contribution in [2.45, 2.75) is 6.92 Å². The van der Waals surface area contributed by atoms with Crippen LogP contribution in [0.25, 0.3) is 0 Å². The summed E-state index contributed by atoms with van der Waals surface area (Å²) in [5, 5.41) is 17.5. The van der Waals surface area contributed by atoms with Crippen LogP contribution in [0.4, 0.5) is 4.39 Å². The van der Waals surface area contributed by atoms with Crippen LogP contribution in [-0.2, 0) is 0 Å². The highest BCUT2D eigenvalue weighted by Crippen LogP contribution is 2.23. The highest BCUT2D eigenvalue weighted by molar-refractivity contribution is 5.39. The van der Waals surface area contributed by atoms with Gasteiger partial charge in [-0.2, -0.15) is 10.5 Å². The predicted octanol–water partition coefficient (Wildman–Crippen LogP) is 3.06. The normalized spacial score (nSPS) is 9.47. The first kappa shape index (κ1) is 12.5. The maximum Gasteiger partial charge on any atom is 0.220 e. The molecule has 0 saturated carbocycles. The van der Waals surface area contributed by atoms with E-state index >= 15 is 0 Å². The van der Waals surface area contributed by atoms with Crippen molar-refractivity contribution in [1.82, 2.24) is 4.98 Å². The Hall–Kier alpha value is -2.92. The zero-order valence-corrected chi connectivity index (χ0v) is 10.0. The van der Waals surface area contributed by atoms with Crippen molar-refractivity contribution in [1.29, 1.82) is 10.5 Å². The number of ether oxygens (including phenoxy) is 1. The van der Waals surface area contributed by atoms with Crippen LogP contribution in [0.2, 0.25) is 0 Å². The Morgan fingerprint density at radius 3 is 2.58 bits per heavy atom. The van der Waals surface area contributed by atoms with E-state index in [4.69, 9.17) is 15.3 Å². The van der Waals surface area contributed by atoms with E-state index in [1.54, 1.807) is 19.1 Å². The van der Waals surface area contributed by atoms with E-state index in [1.165, 1.54) is 18.2 Å². The van der Waals surface area contributed by atoms with Gasteiger partial charge in [-0.05, 0) is 25.1 Å². The summed E-state index contributed by atoms with van der Waals surface area (Å²) in [6, 6.07) is 10.7. The lowest BCUT2D eigenvalue weighted by molar-refractivity contribution is 0.456. The van der Waals surface area contributed by atoms with Crippen molar-refractivity contribution in [2.24, 2.45) is 0 Å². The van der Waals surface area contributed by atoms with Gasteiger partial charge < -0.3 is 4.74 Å². The smallest absolute Gasteiger partial charge is 0.220 e. The van der Waals surface area contributed by atoms with Gasteiger partial charge in [-0.3, -0.25) is 0 Å². The number of pyridine rings is 1. The van der Waals surface area contributed by atoms with E-state index in [9.17, 15) is 4.39 Å². The Kier molecular flexibility index (Phi) is 3.40. The third-order valence-electron chi connectivity index (χ3n) is 2.34. The van der Waals surface area contributed by atoms with Crippen LogP contribution >= 0.6 is 0 Å². The second-order valence-corrected chi connectivity index (χ2v) is 3.80. The Morgan fingerprint density at radius 1 is 1.16 bits per heavy atom. The van der Waals surface area contributed by atoms with Crippen LogP contribution in [-0.4, -0.2) is 4.98 Å². The number of aromatic nitrogens is 1. The number of hydrogen-bond donors (Lipinski definition) is 0. The topological polar surface area (TPSA) is 69.7 Å². The van der Waals surface area contributed by atoms with Crippen LogP contribution in [0.3, 0.4) is 0 Å². The summed E-state index contributed by atoms with van der Waals surface area (Å²) in [6.07, 6.45) is 0. The third-order valence-corrected chi connectivity index (χ3v) is 2.34. The molecule has 1 aromatic carbocycles. The van der Waals surface area contributed by atoms with Crippen LogP contribution in [0.5, 0.6) is 11.6 Å². The Bertz CT molecular complexity index is 714. The monoisotopic (exact) mass is 253 g/mol. The highest BCUT2D eigenvalue weighted by atomic mass is 19.1. The molecule has 2 aromatic rings. The molecule has 19 heavy (non-hydrogen) atoms. The van der Waals surface area contributed by atoms with Crippen molar-refractivity contribution in [2.75, 3.05) is 0 Å². The lowest BCUT2D eigenvalue weighted by atomic mass is 10.2. The minimum Gasteiger partial charge on any atom is -0.439 e. The average molecular weight is 253 g/mol. The van der Waals surface area contributed by atoms with Crippen LogP contribution in [0.1, 0.15) is 16.8 Å². The molecular formula is C14H8FN3O. The number of aryl methyl sites for hydroxylation is 1. The zero-order valence-electron chi connectivity index (χ0n) is 10.0. The van der Waals surface area contributed by atoms with Gasteiger partial charge in [0.25, 0.3) is 0 Å². The van der Waals surface area contributed by atoms with E-state index < -0.39 is 5.82 Å². The summed E-state index contributed by atoms with van der Waals surface area (Å²) in [4.78, 5) is 4.09. The third kappa shape index (κ3) is 2.85. The molecule has 0 spiro atoms. The average Bonchev–Trinajstić information content (AvgIpc) is 2.38. The van der Waals surface area contributed by atoms with Gasteiger partial charge in [0.2, 0.25) is 5.88 Å². The molecule has 0 aliphatic carbocycles. The minimum absolute atomic E-state index is 0.0535. The molecule has 0 aliphatic heterocycles. The summed E-state index contributed by atoms with van der Waals surface area (Å²) in [6.45, 7) is 1.73. The van der Waals surface area contributed by atoms with Gasteiger partial charge in [0, 0.05) is 17.8 Å². The van der Waals surface area contributed by atoms with Crippen LogP contribution in [0.15, 0.2) is 30.3 Å². The van der Waals surface area contributed by atoms with Gasteiger partial charge >= 0.3 is 0 Å². The molecule has 0 aliphatic rings. The number of rotatable bonds is 2. The maximum absolute atomic E-state index is 13.4. The molecule has 0 bridgehead atoms. The number of hydrogen-bond acceptors (Lipinski definition) is 4. The molecule has 92 valence electrons. The molecule has 0 saturated heterocycles. The summed E-state index contributed by atoms with van der Waals surface area (Å²) < 4.78 is 18.8. The molecule has 0 N–H and O–H groups in total. The molecule has 5 heteroatoms. The van der Waals surface area contributed by atoms with Gasteiger partial charge in [-0.1, -0.05) is 0 Å². The number of halogens is 1. The molecule has 0 radical (unpaired) electrons. The maximum atomic E-state index is 13.4. The molecular weight excluding hydrogens is 245 g/mol. The summed E-state index contributed by atoms with van der Waals surface area (Å²) in [5.74, 6) is -0.229. The number of nitriles is 2.